The van der Waals surface area contributed by atoms with Gasteiger partial charge in [0.1, 0.15) is 23.1 Å². The lowest BCUT2D eigenvalue weighted by atomic mass is 10.1. The average Bonchev–Trinajstić information content (AvgIpc) is 2.99. The largest absolute Gasteiger partial charge is 0.484 e. The summed E-state index contributed by atoms with van der Waals surface area (Å²) in [5.41, 5.74) is 8.70. The van der Waals surface area contributed by atoms with Crippen LogP contribution in [0.2, 0.25) is 5.15 Å². The van der Waals surface area contributed by atoms with Crippen molar-refractivity contribution in [2.24, 2.45) is 5.73 Å². The van der Waals surface area contributed by atoms with E-state index in [0.717, 1.165) is 11.1 Å². The number of aromatic nitrogens is 2. The van der Waals surface area contributed by atoms with Crippen molar-refractivity contribution in [1.29, 1.82) is 0 Å². The third-order valence-corrected chi connectivity index (χ3v) is 4.76. The predicted octanol–water partition coefficient (Wildman–Crippen LogP) is 3.42. The van der Waals surface area contributed by atoms with E-state index in [0.29, 0.717) is 23.6 Å². The Morgan fingerprint density at radius 2 is 1.83 bits per heavy atom. The molecule has 1 heterocycles. The lowest BCUT2D eigenvalue weighted by Crippen LogP contribution is -2.20. The van der Waals surface area contributed by atoms with Crippen LogP contribution in [0.15, 0.2) is 48.5 Å². The highest BCUT2D eigenvalue weighted by Gasteiger charge is 2.22. The molecule has 8 heteroatoms. The Morgan fingerprint density at radius 3 is 2.53 bits per heavy atom. The maximum absolute atomic E-state index is 12.6. The molecule has 2 aromatic carbocycles. The summed E-state index contributed by atoms with van der Waals surface area (Å²) >= 11 is 6.42. The molecule has 0 atom stereocenters. The van der Waals surface area contributed by atoms with Crippen molar-refractivity contribution in [3.63, 3.8) is 0 Å². The van der Waals surface area contributed by atoms with Crippen LogP contribution in [0.5, 0.6) is 5.75 Å². The van der Waals surface area contributed by atoms with Crippen LogP contribution >= 0.6 is 11.6 Å². The standard InChI is InChI=1S/C22H22ClN3O4/c1-14-6-8-16(9-7-14)11-26-21(23)20(15(2)25-26)22(28)30-12-17-4-3-5-18(10-17)29-13-19(24)27/h3-10H,11-13H2,1-2H3,(H2,24,27). The molecule has 0 radical (unpaired) electrons. The van der Waals surface area contributed by atoms with Gasteiger partial charge in [0.25, 0.3) is 5.91 Å². The van der Waals surface area contributed by atoms with E-state index in [4.69, 9.17) is 26.8 Å². The summed E-state index contributed by atoms with van der Waals surface area (Å²) in [4.78, 5) is 23.5. The van der Waals surface area contributed by atoms with Gasteiger partial charge in [-0.3, -0.25) is 4.79 Å². The second kappa shape index (κ2) is 9.45. The lowest BCUT2D eigenvalue weighted by molar-refractivity contribution is -0.119. The van der Waals surface area contributed by atoms with Crippen molar-refractivity contribution >= 4 is 23.5 Å². The summed E-state index contributed by atoms with van der Waals surface area (Å²) < 4.78 is 12.2. The van der Waals surface area contributed by atoms with Crippen LogP contribution in [0.25, 0.3) is 0 Å². The van der Waals surface area contributed by atoms with Gasteiger partial charge in [-0.15, -0.1) is 0 Å². The number of primary amides is 1. The number of ether oxygens (including phenoxy) is 2. The van der Waals surface area contributed by atoms with E-state index in [2.05, 4.69) is 5.10 Å². The van der Waals surface area contributed by atoms with Crippen LogP contribution < -0.4 is 10.5 Å². The molecule has 0 saturated heterocycles. The molecule has 3 rings (SSSR count). The zero-order chi connectivity index (χ0) is 21.7. The minimum atomic E-state index is -0.570. The van der Waals surface area contributed by atoms with Crippen molar-refractivity contribution in [3.8, 4) is 5.75 Å². The summed E-state index contributed by atoms with van der Waals surface area (Å²) in [5.74, 6) is -0.668. The van der Waals surface area contributed by atoms with Gasteiger partial charge in [0.2, 0.25) is 0 Å². The first kappa shape index (κ1) is 21.4. The summed E-state index contributed by atoms with van der Waals surface area (Å²) in [6, 6.07) is 14.9. The number of esters is 1. The first-order valence-electron chi connectivity index (χ1n) is 9.29. The van der Waals surface area contributed by atoms with Gasteiger partial charge in [-0.25, -0.2) is 9.48 Å². The fourth-order valence-electron chi connectivity index (χ4n) is 2.86. The molecule has 0 spiro atoms. The Bertz CT molecular complexity index is 1060. The second-order valence-corrected chi connectivity index (χ2v) is 7.23. The summed E-state index contributed by atoms with van der Waals surface area (Å²) in [7, 11) is 0. The van der Waals surface area contributed by atoms with E-state index >= 15 is 0 Å². The van der Waals surface area contributed by atoms with Crippen LogP contribution in [0.1, 0.15) is 32.7 Å². The normalized spacial score (nSPS) is 10.6. The minimum absolute atomic E-state index is 0.0194. The number of aryl methyl sites for hydroxylation is 2. The molecule has 0 aliphatic carbocycles. The zero-order valence-corrected chi connectivity index (χ0v) is 17.5. The van der Waals surface area contributed by atoms with E-state index in [1.807, 2.05) is 31.2 Å². The molecule has 7 nitrogen and oxygen atoms in total. The number of rotatable bonds is 8. The quantitative estimate of drug-likeness (QED) is 0.555. The molecule has 156 valence electrons. The van der Waals surface area contributed by atoms with Gasteiger partial charge < -0.3 is 15.2 Å². The SMILES string of the molecule is Cc1ccc(Cn2nc(C)c(C(=O)OCc3cccc(OCC(N)=O)c3)c2Cl)cc1. The monoisotopic (exact) mass is 427 g/mol. The maximum atomic E-state index is 12.6. The van der Waals surface area contributed by atoms with E-state index in [1.54, 1.807) is 35.9 Å². The van der Waals surface area contributed by atoms with Gasteiger partial charge in [-0.1, -0.05) is 53.6 Å². The molecule has 1 aromatic heterocycles. The van der Waals surface area contributed by atoms with Gasteiger partial charge in [-0.05, 0) is 37.1 Å². The first-order chi connectivity index (χ1) is 14.3. The van der Waals surface area contributed by atoms with Crippen LogP contribution in [-0.2, 0) is 22.7 Å². The topological polar surface area (TPSA) is 96.4 Å². The number of hydrogen-bond donors (Lipinski definition) is 1. The summed E-state index contributed by atoms with van der Waals surface area (Å²) in [6.45, 7) is 3.98. The number of benzene rings is 2. The van der Waals surface area contributed by atoms with Crippen molar-refractivity contribution in [3.05, 3.63) is 81.6 Å². The molecule has 30 heavy (non-hydrogen) atoms. The third kappa shape index (κ3) is 5.39. The van der Waals surface area contributed by atoms with Crippen molar-refractivity contribution in [2.45, 2.75) is 27.0 Å². The summed E-state index contributed by atoms with van der Waals surface area (Å²) in [5, 5.41) is 4.61. The number of carbonyl (C=O) groups is 2. The van der Waals surface area contributed by atoms with E-state index in [1.165, 1.54) is 0 Å². The fourth-order valence-corrected chi connectivity index (χ4v) is 3.17. The number of carbonyl (C=O) groups excluding carboxylic acids is 2. The average molecular weight is 428 g/mol. The zero-order valence-electron chi connectivity index (χ0n) is 16.7. The number of nitrogens with two attached hydrogens (primary N) is 1. The van der Waals surface area contributed by atoms with Crippen LogP contribution in [0.3, 0.4) is 0 Å². The van der Waals surface area contributed by atoms with E-state index in [9.17, 15) is 9.59 Å². The van der Waals surface area contributed by atoms with Gasteiger partial charge in [0.05, 0.1) is 12.2 Å². The molecule has 0 aliphatic heterocycles. The van der Waals surface area contributed by atoms with Crippen molar-refractivity contribution in [1.82, 2.24) is 9.78 Å². The number of hydrogen-bond acceptors (Lipinski definition) is 5. The van der Waals surface area contributed by atoms with Crippen molar-refractivity contribution in [2.75, 3.05) is 6.61 Å². The highest BCUT2D eigenvalue weighted by molar-refractivity contribution is 6.32. The second-order valence-electron chi connectivity index (χ2n) is 6.87. The highest BCUT2D eigenvalue weighted by atomic mass is 35.5. The molecule has 0 aliphatic rings. The Morgan fingerprint density at radius 1 is 1.10 bits per heavy atom. The lowest BCUT2D eigenvalue weighted by Gasteiger charge is -2.08. The molecule has 1 amide bonds. The number of amides is 1. The Kier molecular flexibility index (Phi) is 6.74. The van der Waals surface area contributed by atoms with Gasteiger partial charge in [-0.2, -0.15) is 5.10 Å². The Balaban J connectivity index is 1.67. The fraction of sp³-hybridized carbons (Fsp3) is 0.227. The van der Waals surface area contributed by atoms with Gasteiger partial charge in [0.15, 0.2) is 6.61 Å². The van der Waals surface area contributed by atoms with E-state index in [-0.39, 0.29) is 23.9 Å². The van der Waals surface area contributed by atoms with Crippen LogP contribution in [0, 0.1) is 13.8 Å². The molecule has 0 saturated carbocycles. The molecule has 2 N–H and O–H groups in total. The molecular weight excluding hydrogens is 406 g/mol. The molecule has 3 aromatic rings. The van der Waals surface area contributed by atoms with Crippen LogP contribution in [-0.4, -0.2) is 28.3 Å². The maximum Gasteiger partial charge on any atom is 0.343 e. The minimum Gasteiger partial charge on any atom is -0.484 e. The Hall–Kier alpha value is -3.32. The smallest absolute Gasteiger partial charge is 0.343 e. The molecule has 0 bridgehead atoms. The number of nitrogens with zero attached hydrogens (tertiary/aromatic N) is 2. The molecule has 0 unspecified atom stereocenters. The Labute approximate surface area is 179 Å². The first-order valence-corrected chi connectivity index (χ1v) is 9.67. The molecular formula is C22H22ClN3O4. The predicted molar refractivity (Wildman–Crippen MR) is 113 cm³/mol. The van der Waals surface area contributed by atoms with E-state index < -0.39 is 11.9 Å². The summed E-state index contributed by atoms with van der Waals surface area (Å²) in [6.07, 6.45) is 0. The van der Waals surface area contributed by atoms with Crippen LogP contribution in [0.4, 0.5) is 0 Å². The van der Waals surface area contributed by atoms with Crippen molar-refractivity contribution < 1.29 is 19.1 Å². The third-order valence-electron chi connectivity index (χ3n) is 4.37. The molecule has 0 fully saturated rings. The van der Waals surface area contributed by atoms with Gasteiger partial charge >= 0.3 is 5.97 Å². The highest BCUT2D eigenvalue weighted by Crippen LogP contribution is 2.23. The van der Waals surface area contributed by atoms with Gasteiger partial charge in [0, 0.05) is 0 Å². The number of halogens is 1.